The Hall–Kier alpha value is -5.11. The number of carbonyl (C=O) groups excluding carboxylic acids is 5. The first-order chi connectivity index (χ1) is 23.4. The third-order valence-corrected chi connectivity index (χ3v) is 7.22. The molecule has 2 N–H and O–H groups in total. The van der Waals surface area contributed by atoms with Gasteiger partial charge in [0.15, 0.2) is 12.2 Å². The maximum atomic E-state index is 15.2. The third-order valence-electron chi connectivity index (χ3n) is 7.22. The van der Waals surface area contributed by atoms with E-state index in [9.17, 15) is 34.3 Å². The van der Waals surface area contributed by atoms with Gasteiger partial charge in [-0.05, 0) is 77.4 Å². The van der Waals surface area contributed by atoms with E-state index < -0.39 is 65.3 Å². The zero-order valence-electron chi connectivity index (χ0n) is 28.6. The SMILES string of the molecule is CC(C)(C)OC(=O)N(Cc1cc(NC(=O)[C@H](O)[C@H]2OCCN(c3cccc(N4CCOCC4=O)c3)C2=O)cc(F)c1C#N)C(=O)OC(C)(C)C. The van der Waals surface area contributed by atoms with Gasteiger partial charge in [0.2, 0.25) is 0 Å². The number of hydrogen-bond acceptors (Lipinski definition) is 11. The highest BCUT2D eigenvalue weighted by molar-refractivity contribution is 6.04. The maximum absolute atomic E-state index is 15.2. The number of ether oxygens (including phenoxy) is 4. The molecule has 2 aromatic carbocycles. The number of aliphatic hydroxyl groups excluding tert-OH is 1. The Morgan fingerprint density at radius 3 is 2.20 bits per heavy atom. The van der Waals surface area contributed by atoms with Crippen LogP contribution in [0.2, 0.25) is 0 Å². The molecule has 2 heterocycles. The smallest absolute Gasteiger partial charge is 0.420 e. The molecule has 0 aliphatic carbocycles. The average molecular weight is 698 g/mol. The minimum atomic E-state index is -2.06. The second-order valence-corrected chi connectivity index (χ2v) is 13.5. The second-order valence-electron chi connectivity index (χ2n) is 13.5. The van der Waals surface area contributed by atoms with Gasteiger partial charge < -0.3 is 39.2 Å². The first-order valence-corrected chi connectivity index (χ1v) is 15.7. The second kappa shape index (κ2) is 15.2. The summed E-state index contributed by atoms with van der Waals surface area (Å²) in [6.07, 6.45) is -5.95. The van der Waals surface area contributed by atoms with Gasteiger partial charge in [-0.15, -0.1) is 0 Å². The number of aliphatic hydroxyl groups is 1. The highest BCUT2D eigenvalue weighted by Crippen LogP contribution is 2.28. The van der Waals surface area contributed by atoms with Crippen LogP contribution in [0.25, 0.3) is 0 Å². The minimum Gasteiger partial charge on any atom is -0.443 e. The number of imide groups is 1. The van der Waals surface area contributed by atoms with Crippen molar-refractivity contribution in [1.29, 1.82) is 5.26 Å². The number of rotatable bonds is 7. The fourth-order valence-corrected chi connectivity index (χ4v) is 5.06. The minimum absolute atomic E-state index is 0.0394. The first-order valence-electron chi connectivity index (χ1n) is 15.7. The molecule has 2 saturated heterocycles. The standard InChI is InChI=1S/C34H40FN5O10/c1-33(2,3)49-31(45)40(32(46)50-34(4,5)6)18-20-14-21(15-25(35)24(20)17-36)37-29(43)27(42)28-30(44)39(11-13-48-28)23-9-7-8-22(16-23)38-10-12-47-19-26(38)41/h7-9,14-16,27-28,42H,10-13,18-19H2,1-6H3,(H,37,43)/t27-,28-/m1/s1. The van der Waals surface area contributed by atoms with Crippen LogP contribution in [0.3, 0.4) is 0 Å². The number of nitriles is 1. The Bertz CT molecular complexity index is 1670. The van der Waals surface area contributed by atoms with Crippen molar-refractivity contribution < 1.29 is 52.4 Å². The van der Waals surface area contributed by atoms with E-state index >= 15 is 4.39 Å². The van der Waals surface area contributed by atoms with Gasteiger partial charge in [-0.25, -0.2) is 18.9 Å². The molecule has 0 radical (unpaired) electrons. The van der Waals surface area contributed by atoms with E-state index in [1.165, 1.54) is 9.80 Å². The number of morpholine rings is 2. The highest BCUT2D eigenvalue weighted by Gasteiger charge is 2.40. The van der Waals surface area contributed by atoms with E-state index in [1.54, 1.807) is 71.9 Å². The van der Waals surface area contributed by atoms with Crippen LogP contribution in [0.5, 0.6) is 0 Å². The number of benzene rings is 2. The molecule has 2 atom stereocenters. The van der Waals surface area contributed by atoms with Gasteiger partial charge in [-0.2, -0.15) is 5.26 Å². The largest absolute Gasteiger partial charge is 0.443 e. The van der Waals surface area contributed by atoms with Crippen LogP contribution >= 0.6 is 0 Å². The van der Waals surface area contributed by atoms with Crippen molar-refractivity contribution in [1.82, 2.24) is 4.90 Å². The van der Waals surface area contributed by atoms with Crippen molar-refractivity contribution in [3.8, 4) is 6.07 Å². The predicted molar refractivity (Wildman–Crippen MR) is 175 cm³/mol. The van der Waals surface area contributed by atoms with Gasteiger partial charge >= 0.3 is 12.2 Å². The van der Waals surface area contributed by atoms with Crippen molar-refractivity contribution in [2.24, 2.45) is 0 Å². The molecular weight excluding hydrogens is 657 g/mol. The molecule has 0 spiro atoms. The van der Waals surface area contributed by atoms with Crippen LogP contribution in [0.15, 0.2) is 36.4 Å². The Morgan fingerprint density at radius 1 is 1.02 bits per heavy atom. The molecule has 2 aromatic rings. The van der Waals surface area contributed by atoms with E-state index in [4.69, 9.17) is 18.9 Å². The van der Waals surface area contributed by atoms with Crippen LogP contribution in [0, 0.1) is 17.1 Å². The summed E-state index contributed by atoms with van der Waals surface area (Å²) in [6.45, 7) is 9.44. The van der Waals surface area contributed by atoms with Gasteiger partial charge in [0.1, 0.15) is 29.7 Å². The topological polar surface area (TPSA) is 188 Å². The molecule has 16 heteroatoms. The Kier molecular flexibility index (Phi) is 11.5. The number of amides is 5. The fourth-order valence-electron chi connectivity index (χ4n) is 5.06. The van der Waals surface area contributed by atoms with Gasteiger partial charge in [-0.3, -0.25) is 14.4 Å². The molecule has 0 bridgehead atoms. The highest BCUT2D eigenvalue weighted by atomic mass is 19.1. The molecular formula is C34H40FN5O10. The van der Waals surface area contributed by atoms with E-state index in [2.05, 4.69) is 5.32 Å². The molecule has 4 rings (SSSR count). The van der Waals surface area contributed by atoms with Gasteiger partial charge in [0.05, 0.1) is 25.3 Å². The molecule has 0 aromatic heterocycles. The molecule has 15 nitrogen and oxygen atoms in total. The Balaban J connectivity index is 1.54. The fraction of sp³-hybridized carbons (Fsp3) is 0.471. The monoisotopic (exact) mass is 697 g/mol. The molecule has 2 aliphatic heterocycles. The van der Waals surface area contributed by atoms with Gasteiger partial charge in [0, 0.05) is 30.2 Å². The zero-order valence-corrected chi connectivity index (χ0v) is 28.6. The summed E-state index contributed by atoms with van der Waals surface area (Å²) >= 11 is 0. The first kappa shape index (κ1) is 37.7. The number of anilines is 3. The van der Waals surface area contributed by atoms with Crippen molar-refractivity contribution in [3.05, 3.63) is 53.3 Å². The van der Waals surface area contributed by atoms with E-state index in [-0.39, 0.29) is 36.9 Å². The van der Waals surface area contributed by atoms with E-state index in [0.29, 0.717) is 29.4 Å². The molecule has 2 aliphatic rings. The van der Waals surface area contributed by atoms with Crippen LogP contribution in [0.1, 0.15) is 52.7 Å². The summed E-state index contributed by atoms with van der Waals surface area (Å²) < 4.78 is 36.5. The molecule has 2 fully saturated rings. The molecule has 0 saturated carbocycles. The normalized spacial score (nSPS) is 17.5. The average Bonchev–Trinajstić information content (AvgIpc) is 3.02. The van der Waals surface area contributed by atoms with E-state index in [0.717, 1.165) is 12.1 Å². The van der Waals surface area contributed by atoms with Crippen LogP contribution < -0.4 is 15.1 Å². The third kappa shape index (κ3) is 9.31. The van der Waals surface area contributed by atoms with Crippen molar-refractivity contribution >= 4 is 47.0 Å². The lowest BCUT2D eigenvalue weighted by atomic mass is 10.1. The Labute approximate surface area is 288 Å². The lowest BCUT2D eigenvalue weighted by molar-refractivity contribution is -0.150. The maximum Gasteiger partial charge on any atom is 0.420 e. The quantitative estimate of drug-likeness (QED) is 0.431. The van der Waals surface area contributed by atoms with Crippen LogP contribution in [-0.2, 0) is 39.9 Å². The van der Waals surface area contributed by atoms with Gasteiger partial charge in [0.25, 0.3) is 17.7 Å². The lowest BCUT2D eigenvalue weighted by Gasteiger charge is -2.35. The Morgan fingerprint density at radius 2 is 1.62 bits per heavy atom. The summed E-state index contributed by atoms with van der Waals surface area (Å²) in [4.78, 5) is 68.5. The summed E-state index contributed by atoms with van der Waals surface area (Å²) in [5.41, 5.74) is -2.06. The summed E-state index contributed by atoms with van der Waals surface area (Å²) in [5.74, 6) is -3.21. The number of carbonyl (C=O) groups is 5. The van der Waals surface area contributed by atoms with Crippen molar-refractivity contribution in [2.45, 2.75) is 71.5 Å². The summed E-state index contributed by atoms with van der Waals surface area (Å²) in [6, 6.07) is 10.3. The predicted octanol–water partition coefficient (Wildman–Crippen LogP) is 3.46. The summed E-state index contributed by atoms with van der Waals surface area (Å²) in [5, 5.41) is 23.0. The number of hydrogen-bond donors (Lipinski definition) is 2. The van der Waals surface area contributed by atoms with E-state index in [1.807, 2.05) is 0 Å². The van der Waals surface area contributed by atoms with Crippen LogP contribution in [-0.4, -0.2) is 96.2 Å². The van der Waals surface area contributed by atoms with Crippen molar-refractivity contribution in [3.63, 3.8) is 0 Å². The van der Waals surface area contributed by atoms with Crippen LogP contribution in [0.4, 0.5) is 31.0 Å². The van der Waals surface area contributed by atoms with Crippen molar-refractivity contribution in [2.75, 3.05) is 48.0 Å². The molecule has 50 heavy (non-hydrogen) atoms. The lowest BCUT2D eigenvalue weighted by Crippen LogP contribution is -2.55. The molecule has 268 valence electrons. The molecule has 5 amide bonds. The number of nitrogens with one attached hydrogen (secondary N) is 1. The molecule has 0 unspecified atom stereocenters. The number of halogens is 1. The number of nitrogens with zero attached hydrogens (tertiary/aromatic N) is 4. The van der Waals surface area contributed by atoms with Gasteiger partial charge in [-0.1, -0.05) is 6.07 Å². The zero-order chi connectivity index (χ0) is 37.0. The summed E-state index contributed by atoms with van der Waals surface area (Å²) in [7, 11) is 0.